The van der Waals surface area contributed by atoms with Gasteiger partial charge in [0, 0.05) is 25.5 Å². The fourth-order valence-corrected chi connectivity index (χ4v) is 1.75. The van der Waals surface area contributed by atoms with Crippen molar-refractivity contribution in [1.29, 1.82) is 0 Å². The van der Waals surface area contributed by atoms with Gasteiger partial charge in [0.1, 0.15) is 0 Å². The Hall–Kier alpha value is -0.450. The van der Waals surface area contributed by atoms with Crippen molar-refractivity contribution in [2.24, 2.45) is 0 Å². The molecule has 0 saturated carbocycles. The van der Waals surface area contributed by atoms with E-state index in [2.05, 4.69) is 4.98 Å². The minimum atomic E-state index is 0.602. The van der Waals surface area contributed by atoms with Crippen molar-refractivity contribution < 1.29 is 9.47 Å². The van der Waals surface area contributed by atoms with Crippen molar-refractivity contribution in [1.82, 2.24) is 4.98 Å². The first kappa shape index (κ1) is 10.6. The van der Waals surface area contributed by atoms with E-state index < -0.39 is 0 Å². The molecular weight excluding hydrogens is 186 g/mol. The summed E-state index contributed by atoms with van der Waals surface area (Å²) in [5, 5.41) is 3.16. The number of rotatable bonds is 6. The van der Waals surface area contributed by atoms with Gasteiger partial charge < -0.3 is 9.47 Å². The van der Waals surface area contributed by atoms with Crippen LogP contribution in [0.2, 0.25) is 0 Å². The summed E-state index contributed by atoms with van der Waals surface area (Å²) in [6.07, 6.45) is 0.905. The molecule has 13 heavy (non-hydrogen) atoms. The number of thiazole rings is 1. The first-order valence-electron chi connectivity index (χ1n) is 4.36. The molecule has 1 heterocycles. The van der Waals surface area contributed by atoms with Gasteiger partial charge >= 0.3 is 0 Å². The van der Waals surface area contributed by atoms with Gasteiger partial charge in [0.2, 0.25) is 0 Å². The van der Waals surface area contributed by atoms with Gasteiger partial charge in [0.05, 0.1) is 23.9 Å². The molecule has 0 aliphatic rings. The Labute approximate surface area is 82.7 Å². The van der Waals surface area contributed by atoms with Gasteiger partial charge in [0.25, 0.3) is 0 Å². The predicted molar refractivity (Wildman–Crippen MR) is 53.0 cm³/mol. The molecule has 1 aromatic rings. The Kier molecular flexibility index (Phi) is 4.97. The lowest BCUT2D eigenvalue weighted by Gasteiger charge is -1.96. The van der Waals surface area contributed by atoms with Gasteiger partial charge in [0.15, 0.2) is 0 Å². The number of nitrogens with zero attached hydrogens (tertiary/aromatic N) is 1. The Bertz CT molecular complexity index is 237. The van der Waals surface area contributed by atoms with Crippen molar-refractivity contribution >= 4 is 11.3 Å². The minimum Gasteiger partial charge on any atom is -0.381 e. The van der Waals surface area contributed by atoms with Gasteiger partial charge in [-0.2, -0.15) is 0 Å². The maximum Gasteiger partial charge on any atom is 0.0952 e. The van der Waals surface area contributed by atoms with E-state index >= 15 is 0 Å². The molecule has 0 N–H and O–H groups in total. The maximum absolute atomic E-state index is 5.24. The van der Waals surface area contributed by atoms with Crippen LogP contribution in [0.25, 0.3) is 0 Å². The third-order valence-electron chi connectivity index (χ3n) is 1.56. The third kappa shape index (κ3) is 3.85. The van der Waals surface area contributed by atoms with Crippen molar-refractivity contribution in [3.63, 3.8) is 0 Å². The van der Waals surface area contributed by atoms with Gasteiger partial charge in [-0.05, 0) is 6.92 Å². The molecule has 0 atom stereocenters. The molecule has 1 rings (SSSR count). The van der Waals surface area contributed by atoms with Crippen LogP contribution in [0.15, 0.2) is 5.38 Å². The molecule has 0 bridgehead atoms. The molecule has 0 unspecified atom stereocenters. The lowest BCUT2D eigenvalue weighted by molar-refractivity contribution is 0.150. The number of hydrogen-bond donors (Lipinski definition) is 0. The topological polar surface area (TPSA) is 31.4 Å². The van der Waals surface area contributed by atoms with E-state index in [1.165, 1.54) is 0 Å². The zero-order chi connectivity index (χ0) is 9.52. The highest BCUT2D eigenvalue weighted by Crippen LogP contribution is 2.10. The molecule has 4 heteroatoms. The van der Waals surface area contributed by atoms with Gasteiger partial charge in [-0.3, -0.25) is 0 Å². The molecule has 0 spiro atoms. The zero-order valence-corrected chi connectivity index (χ0v) is 8.89. The van der Waals surface area contributed by atoms with Crippen molar-refractivity contribution in [3.8, 4) is 0 Å². The summed E-state index contributed by atoms with van der Waals surface area (Å²) in [7, 11) is 1.68. The van der Waals surface area contributed by atoms with Crippen LogP contribution in [0, 0.1) is 0 Å². The van der Waals surface area contributed by atoms with Crippen molar-refractivity contribution in [3.05, 3.63) is 16.1 Å². The molecule has 3 nitrogen and oxygen atoms in total. The average Bonchev–Trinajstić information content (AvgIpc) is 2.54. The first-order valence-corrected chi connectivity index (χ1v) is 5.24. The maximum atomic E-state index is 5.24. The molecule has 0 aliphatic carbocycles. The molecule has 0 aliphatic heterocycles. The molecule has 0 saturated heterocycles. The van der Waals surface area contributed by atoms with E-state index in [-0.39, 0.29) is 0 Å². The smallest absolute Gasteiger partial charge is 0.0952 e. The van der Waals surface area contributed by atoms with Crippen LogP contribution in [0.4, 0.5) is 0 Å². The monoisotopic (exact) mass is 201 g/mol. The second-order valence-electron chi connectivity index (χ2n) is 2.61. The van der Waals surface area contributed by atoms with Crippen LogP contribution < -0.4 is 0 Å². The highest BCUT2D eigenvalue weighted by molar-refractivity contribution is 7.09. The van der Waals surface area contributed by atoms with E-state index in [0.717, 1.165) is 30.3 Å². The molecular formula is C9H15NO2S. The normalized spacial score (nSPS) is 10.6. The number of hydrogen-bond acceptors (Lipinski definition) is 4. The minimum absolute atomic E-state index is 0.602. The fourth-order valence-electron chi connectivity index (χ4n) is 0.982. The Morgan fingerprint density at radius 2 is 2.38 bits per heavy atom. The Morgan fingerprint density at radius 1 is 1.54 bits per heavy atom. The highest BCUT2D eigenvalue weighted by atomic mass is 32.1. The van der Waals surface area contributed by atoms with Crippen LogP contribution in [-0.4, -0.2) is 25.3 Å². The largest absolute Gasteiger partial charge is 0.381 e. The summed E-state index contributed by atoms with van der Waals surface area (Å²) in [5.41, 5.74) is 1.01. The van der Waals surface area contributed by atoms with Crippen LogP contribution >= 0.6 is 11.3 Å². The first-order chi connectivity index (χ1) is 6.36. The summed E-state index contributed by atoms with van der Waals surface area (Å²) in [4.78, 5) is 4.39. The van der Waals surface area contributed by atoms with E-state index in [1.54, 1.807) is 18.4 Å². The van der Waals surface area contributed by atoms with E-state index in [1.807, 2.05) is 12.3 Å². The summed E-state index contributed by atoms with van der Waals surface area (Å²) < 4.78 is 10.2. The summed E-state index contributed by atoms with van der Waals surface area (Å²) in [5.74, 6) is 0. The van der Waals surface area contributed by atoms with Crippen LogP contribution in [0.3, 0.4) is 0 Å². The zero-order valence-electron chi connectivity index (χ0n) is 8.08. The fraction of sp³-hybridized carbons (Fsp3) is 0.667. The predicted octanol–water partition coefficient (Wildman–Crippen LogP) is 1.87. The van der Waals surface area contributed by atoms with E-state index in [4.69, 9.17) is 9.47 Å². The molecule has 74 valence electrons. The SMILES string of the molecule is CCOCCc1nc(COC)cs1. The van der Waals surface area contributed by atoms with E-state index in [9.17, 15) is 0 Å². The van der Waals surface area contributed by atoms with Gasteiger partial charge in [-0.25, -0.2) is 4.98 Å². The van der Waals surface area contributed by atoms with Gasteiger partial charge in [-0.15, -0.1) is 11.3 Å². The van der Waals surface area contributed by atoms with Crippen LogP contribution in [-0.2, 0) is 22.5 Å². The van der Waals surface area contributed by atoms with Crippen molar-refractivity contribution in [2.45, 2.75) is 20.0 Å². The second kappa shape index (κ2) is 6.07. The molecule has 0 radical (unpaired) electrons. The average molecular weight is 201 g/mol. The lowest BCUT2D eigenvalue weighted by atomic mass is 10.4. The molecule has 0 fully saturated rings. The Morgan fingerprint density at radius 3 is 3.08 bits per heavy atom. The third-order valence-corrected chi connectivity index (χ3v) is 2.51. The highest BCUT2D eigenvalue weighted by Gasteiger charge is 2.00. The lowest BCUT2D eigenvalue weighted by Crippen LogP contribution is -1.97. The van der Waals surface area contributed by atoms with Gasteiger partial charge in [-0.1, -0.05) is 0 Å². The molecule has 1 aromatic heterocycles. The molecule has 0 amide bonds. The summed E-state index contributed by atoms with van der Waals surface area (Å²) in [6, 6.07) is 0. The summed E-state index contributed by atoms with van der Waals surface area (Å²) in [6.45, 7) is 4.13. The van der Waals surface area contributed by atoms with E-state index in [0.29, 0.717) is 6.61 Å². The van der Waals surface area contributed by atoms with Crippen molar-refractivity contribution in [2.75, 3.05) is 20.3 Å². The quantitative estimate of drug-likeness (QED) is 0.658. The Balaban J connectivity index is 2.31. The van der Waals surface area contributed by atoms with Crippen LogP contribution in [0.5, 0.6) is 0 Å². The van der Waals surface area contributed by atoms with Crippen LogP contribution in [0.1, 0.15) is 17.6 Å². The number of methoxy groups -OCH3 is 1. The number of aromatic nitrogens is 1. The standard InChI is InChI=1S/C9H15NO2S/c1-3-12-5-4-9-10-8(6-11-2)7-13-9/h7H,3-6H2,1-2H3. The summed E-state index contributed by atoms with van der Waals surface area (Å²) >= 11 is 1.67. The number of ether oxygens (including phenoxy) is 2. The second-order valence-corrected chi connectivity index (χ2v) is 3.56. The molecule has 0 aromatic carbocycles.